The Bertz CT molecular complexity index is 1000. The number of nitrogens with one attached hydrogen (secondary N) is 2. The summed E-state index contributed by atoms with van der Waals surface area (Å²) in [5, 5.41) is 12.6. The van der Waals surface area contributed by atoms with Crippen LogP contribution in [0.15, 0.2) is 58.7 Å². The lowest BCUT2D eigenvalue weighted by Gasteiger charge is -2.01. The van der Waals surface area contributed by atoms with E-state index in [0.29, 0.717) is 10.9 Å². The first-order chi connectivity index (χ1) is 12.2. The highest BCUT2D eigenvalue weighted by atomic mass is 32.2. The smallest absolute Gasteiger partial charge is 0.236 e. The molecule has 1 saturated heterocycles. The molecule has 5 nitrogen and oxygen atoms in total. The van der Waals surface area contributed by atoms with Gasteiger partial charge in [0, 0.05) is 16.5 Å². The van der Waals surface area contributed by atoms with Gasteiger partial charge in [-0.25, -0.2) is 0 Å². The largest absolute Gasteiger partial charge is 0.354 e. The molecule has 1 amide bonds. The van der Waals surface area contributed by atoms with Gasteiger partial charge in [0.25, 0.3) is 0 Å². The number of para-hydroxylation sites is 1. The summed E-state index contributed by atoms with van der Waals surface area (Å²) in [6.45, 7) is 2.07. The Balaban J connectivity index is 1.77. The molecule has 3 aromatic rings. The fraction of sp³-hybridized carbons (Fsp3) is 0.105. The number of H-pyrrole nitrogens is 1. The Morgan fingerprint density at radius 1 is 1.12 bits per heavy atom. The van der Waals surface area contributed by atoms with Crippen molar-refractivity contribution in [2.45, 2.75) is 6.92 Å². The maximum atomic E-state index is 11.2. The van der Waals surface area contributed by atoms with Gasteiger partial charge in [-0.3, -0.25) is 4.79 Å². The van der Waals surface area contributed by atoms with Crippen LogP contribution in [0.2, 0.25) is 0 Å². The molecule has 1 fully saturated rings. The number of carbonyl (C=O) groups is 1. The van der Waals surface area contributed by atoms with Crippen molar-refractivity contribution in [3.05, 3.63) is 59.7 Å². The molecule has 6 heteroatoms. The summed E-state index contributed by atoms with van der Waals surface area (Å²) >= 11 is 1.36. The Morgan fingerprint density at radius 3 is 2.68 bits per heavy atom. The SMILES string of the molecule is Cc1ccc(-c2[nH]c3ccccc3c2/C=N/N=C2/NC(=O)CS2)cc1. The molecule has 2 heterocycles. The minimum absolute atomic E-state index is 0.0358. The van der Waals surface area contributed by atoms with Gasteiger partial charge < -0.3 is 10.3 Å². The molecule has 0 saturated carbocycles. The molecule has 0 unspecified atom stereocenters. The van der Waals surface area contributed by atoms with Crippen LogP contribution in [0.25, 0.3) is 22.2 Å². The van der Waals surface area contributed by atoms with Gasteiger partial charge in [0.05, 0.1) is 17.7 Å². The van der Waals surface area contributed by atoms with Crippen molar-refractivity contribution >= 4 is 40.0 Å². The third-order valence-electron chi connectivity index (χ3n) is 4.01. The second kappa shape index (κ2) is 6.57. The van der Waals surface area contributed by atoms with Gasteiger partial charge >= 0.3 is 0 Å². The van der Waals surface area contributed by atoms with Gasteiger partial charge in [0.1, 0.15) is 0 Å². The van der Waals surface area contributed by atoms with Crippen LogP contribution in [-0.4, -0.2) is 28.0 Å². The lowest BCUT2D eigenvalue weighted by Crippen LogP contribution is -2.19. The lowest BCUT2D eigenvalue weighted by atomic mass is 10.0. The first-order valence-corrected chi connectivity index (χ1v) is 8.91. The first-order valence-electron chi connectivity index (χ1n) is 7.92. The van der Waals surface area contributed by atoms with E-state index in [4.69, 9.17) is 0 Å². The predicted octanol–water partition coefficient (Wildman–Crippen LogP) is 3.70. The number of aryl methyl sites for hydroxylation is 1. The summed E-state index contributed by atoms with van der Waals surface area (Å²) in [6, 6.07) is 16.5. The van der Waals surface area contributed by atoms with Crippen molar-refractivity contribution in [3.8, 4) is 11.3 Å². The van der Waals surface area contributed by atoms with Crippen LogP contribution in [0.4, 0.5) is 0 Å². The average molecular weight is 348 g/mol. The molecule has 0 bridgehead atoms. The van der Waals surface area contributed by atoms with Gasteiger partial charge in [0.2, 0.25) is 5.91 Å². The molecule has 0 aliphatic carbocycles. The van der Waals surface area contributed by atoms with E-state index >= 15 is 0 Å². The molecule has 0 atom stereocenters. The second-order valence-corrected chi connectivity index (χ2v) is 6.78. The topological polar surface area (TPSA) is 69.6 Å². The molecule has 0 spiro atoms. The molecule has 0 radical (unpaired) electrons. The number of amides is 1. The van der Waals surface area contributed by atoms with Crippen LogP contribution in [0.3, 0.4) is 0 Å². The standard InChI is InChI=1S/C19H16N4OS/c1-12-6-8-13(9-7-12)18-15(14-4-2-3-5-16(14)21-18)10-20-23-19-22-17(24)11-25-19/h2-10,21H,11H2,1H3,(H,22,23,24)/b20-10+. The molecule has 1 aliphatic heterocycles. The van der Waals surface area contributed by atoms with Gasteiger partial charge in [-0.2, -0.15) is 5.10 Å². The number of rotatable bonds is 3. The summed E-state index contributed by atoms with van der Waals surface area (Å²) in [4.78, 5) is 14.7. The summed E-state index contributed by atoms with van der Waals surface area (Å²) in [7, 11) is 0. The molecule has 2 aromatic carbocycles. The number of benzene rings is 2. The lowest BCUT2D eigenvalue weighted by molar-refractivity contribution is -0.116. The Labute approximate surface area is 149 Å². The predicted molar refractivity (Wildman–Crippen MR) is 104 cm³/mol. The number of hydrogen-bond donors (Lipinski definition) is 2. The van der Waals surface area contributed by atoms with Crippen LogP contribution in [0.1, 0.15) is 11.1 Å². The number of fused-ring (bicyclic) bond motifs is 1. The molecule has 25 heavy (non-hydrogen) atoms. The number of aromatic amines is 1. The van der Waals surface area contributed by atoms with E-state index in [1.54, 1.807) is 6.21 Å². The Kier molecular flexibility index (Phi) is 4.11. The van der Waals surface area contributed by atoms with Crippen LogP contribution < -0.4 is 5.32 Å². The summed E-state index contributed by atoms with van der Waals surface area (Å²) in [5.74, 6) is 0.363. The molecule has 2 N–H and O–H groups in total. The summed E-state index contributed by atoms with van der Waals surface area (Å²) < 4.78 is 0. The number of amidine groups is 1. The Morgan fingerprint density at radius 2 is 1.92 bits per heavy atom. The number of hydrogen-bond acceptors (Lipinski definition) is 4. The van der Waals surface area contributed by atoms with Crippen LogP contribution in [-0.2, 0) is 4.79 Å². The van der Waals surface area contributed by atoms with Gasteiger partial charge in [-0.05, 0) is 18.6 Å². The van der Waals surface area contributed by atoms with E-state index in [-0.39, 0.29) is 5.91 Å². The first kappa shape index (κ1) is 15.7. The van der Waals surface area contributed by atoms with E-state index in [1.165, 1.54) is 17.3 Å². The molecular weight excluding hydrogens is 332 g/mol. The summed E-state index contributed by atoms with van der Waals surface area (Å²) in [5.41, 5.74) is 5.36. The fourth-order valence-electron chi connectivity index (χ4n) is 2.76. The minimum Gasteiger partial charge on any atom is -0.354 e. The number of aromatic nitrogens is 1. The molecule has 4 rings (SSSR count). The zero-order chi connectivity index (χ0) is 17.2. The van der Waals surface area contributed by atoms with Crippen molar-refractivity contribution in [2.24, 2.45) is 10.2 Å². The second-order valence-electron chi connectivity index (χ2n) is 5.81. The number of thioether (sulfide) groups is 1. The van der Waals surface area contributed by atoms with Crippen LogP contribution in [0.5, 0.6) is 0 Å². The quantitative estimate of drug-likeness (QED) is 0.560. The van der Waals surface area contributed by atoms with Crippen molar-refractivity contribution < 1.29 is 4.79 Å². The van der Waals surface area contributed by atoms with Crippen molar-refractivity contribution in [2.75, 3.05) is 5.75 Å². The monoisotopic (exact) mass is 348 g/mol. The van der Waals surface area contributed by atoms with Crippen molar-refractivity contribution in [3.63, 3.8) is 0 Å². The van der Waals surface area contributed by atoms with Crippen LogP contribution in [0, 0.1) is 6.92 Å². The Hall–Kier alpha value is -2.86. The molecule has 1 aliphatic rings. The zero-order valence-electron chi connectivity index (χ0n) is 13.6. The van der Waals surface area contributed by atoms with E-state index in [9.17, 15) is 4.79 Å². The van der Waals surface area contributed by atoms with Crippen molar-refractivity contribution in [1.82, 2.24) is 10.3 Å². The zero-order valence-corrected chi connectivity index (χ0v) is 14.4. The summed E-state index contributed by atoms with van der Waals surface area (Å²) in [6.07, 6.45) is 1.74. The normalized spacial score (nSPS) is 16.2. The molecule has 124 valence electrons. The minimum atomic E-state index is -0.0358. The van der Waals surface area contributed by atoms with Gasteiger partial charge in [-0.15, -0.1) is 5.10 Å². The average Bonchev–Trinajstić information content (AvgIpc) is 3.20. The number of carbonyl (C=O) groups excluding carboxylic acids is 1. The molecule has 1 aromatic heterocycles. The molecular formula is C19H16N4OS. The van der Waals surface area contributed by atoms with E-state index in [1.807, 2.05) is 18.2 Å². The fourth-order valence-corrected chi connectivity index (χ4v) is 3.39. The third-order valence-corrected chi connectivity index (χ3v) is 4.87. The highest BCUT2D eigenvalue weighted by molar-refractivity contribution is 8.15. The van der Waals surface area contributed by atoms with E-state index in [0.717, 1.165) is 27.7 Å². The van der Waals surface area contributed by atoms with Gasteiger partial charge in [-0.1, -0.05) is 59.8 Å². The van der Waals surface area contributed by atoms with E-state index < -0.39 is 0 Å². The maximum Gasteiger partial charge on any atom is 0.236 e. The maximum absolute atomic E-state index is 11.2. The number of nitrogens with zero attached hydrogens (tertiary/aromatic N) is 2. The highest BCUT2D eigenvalue weighted by Gasteiger charge is 2.16. The van der Waals surface area contributed by atoms with Crippen molar-refractivity contribution in [1.29, 1.82) is 0 Å². The highest BCUT2D eigenvalue weighted by Crippen LogP contribution is 2.29. The third kappa shape index (κ3) is 3.21. The van der Waals surface area contributed by atoms with E-state index in [2.05, 4.69) is 57.8 Å². The van der Waals surface area contributed by atoms with Gasteiger partial charge in [0.15, 0.2) is 5.17 Å². The van der Waals surface area contributed by atoms with Crippen LogP contribution >= 0.6 is 11.8 Å².